The van der Waals surface area contributed by atoms with Gasteiger partial charge in [0.05, 0.1) is 0 Å². The van der Waals surface area contributed by atoms with Crippen molar-refractivity contribution in [3.8, 4) is 0 Å². The van der Waals surface area contributed by atoms with Gasteiger partial charge in [-0.1, -0.05) is 44.2 Å². The maximum Gasteiger partial charge on any atom is 0.0346 e. The zero-order chi connectivity index (χ0) is 13.7. The van der Waals surface area contributed by atoms with Gasteiger partial charge in [-0.2, -0.15) is 0 Å². The highest BCUT2D eigenvalue weighted by Gasteiger charge is 2.11. The number of nitrogens with one attached hydrogen (secondary N) is 2. The zero-order valence-electron chi connectivity index (χ0n) is 12.1. The molecular weight excluding hydrogens is 232 g/mol. The Hall–Kier alpha value is -1.54. The highest BCUT2D eigenvalue weighted by Crippen LogP contribution is 2.19. The molecule has 0 amide bonds. The van der Waals surface area contributed by atoms with Crippen LogP contribution in [0.5, 0.6) is 0 Å². The second-order valence-electron chi connectivity index (χ2n) is 5.50. The van der Waals surface area contributed by atoms with E-state index >= 15 is 0 Å². The van der Waals surface area contributed by atoms with Crippen molar-refractivity contribution >= 4 is 16.5 Å². The van der Waals surface area contributed by atoms with Crippen molar-refractivity contribution in [1.29, 1.82) is 0 Å². The molecule has 0 aliphatic heterocycles. The summed E-state index contributed by atoms with van der Waals surface area (Å²) >= 11 is 0. The van der Waals surface area contributed by atoms with E-state index in [2.05, 4.69) is 66.9 Å². The Morgan fingerprint density at radius 1 is 0.947 bits per heavy atom. The summed E-state index contributed by atoms with van der Waals surface area (Å²) in [6.45, 7) is 6.63. The van der Waals surface area contributed by atoms with Crippen molar-refractivity contribution in [3.63, 3.8) is 0 Å². The Bertz CT molecular complexity index is 519. The van der Waals surface area contributed by atoms with Gasteiger partial charge in [0.2, 0.25) is 0 Å². The Balaban J connectivity index is 2.04. The van der Waals surface area contributed by atoms with Gasteiger partial charge >= 0.3 is 0 Å². The maximum atomic E-state index is 3.56. The van der Waals surface area contributed by atoms with Crippen LogP contribution in [0, 0.1) is 11.8 Å². The Kier molecular flexibility index (Phi) is 4.80. The molecule has 19 heavy (non-hydrogen) atoms. The third kappa shape index (κ3) is 3.71. The first kappa shape index (κ1) is 13.9. The Morgan fingerprint density at radius 2 is 1.68 bits per heavy atom. The Labute approximate surface area is 116 Å². The van der Waals surface area contributed by atoms with Crippen LogP contribution in [0.2, 0.25) is 0 Å². The molecule has 0 heterocycles. The summed E-state index contributed by atoms with van der Waals surface area (Å²) in [5.74, 6) is 1.33. The average molecular weight is 256 g/mol. The van der Waals surface area contributed by atoms with Crippen LogP contribution in [0.15, 0.2) is 42.5 Å². The van der Waals surface area contributed by atoms with Crippen LogP contribution in [0.1, 0.15) is 13.8 Å². The third-order valence-electron chi connectivity index (χ3n) is 3.73. The van der Waals surface area contributed by atoms with Gasteiger partial charge in [0.25, 0.3) is 0 Å². The molecule has 1 unspecified atom stereocenters. The summed E-state index contributed by atoms with van der Waals surface area (Å²) in [6.07, 6.45) is 0. The molecule has 0 aliphatic carbocycles. The van der Waals surface area contributed by atoms with Gasteiger partial charge in [-0.15, -0.1) is 0 Å². The van der Waals surface area contributed by atoms with Gasteiger partial charge in [0.1, 0.15) is 0 Å². The van der Waals surface area contributed by atoms with Crippen LogP contribution >= 0.6 is 0 Å². The smallest absolute Gasteiger partial charge is 0.0346 e. The van der Waals surface area contributed by atoms with Crippen molar-refractivity contribution in [3.05, 3.63) is 42.5 Å². The van der Waals surface area contributed by atoms with Crippen LogP contribution in [0.3, 0.4) is 0 Å². The fourth-order valence-corrected chi connectivity index (χ4v) is 2.35. The van der Waals surface area contributed by atoms with E-state index in [1.54, 1.807) is 0 Å². The highest BCUT2D eigenvalue weighted by atomic mass is 14.9. The zero-order valence-corrected chi connectivity index (χ0v) is 12.1. The minimum atomic E-state index is 0.650. The normalized spacial score (nSPS) is 12.8. The summed E-state index contributed by atoms with van der Waals surface area (Å²) in [5.41, 5.74) is 1.21. The van der Waals surface area contributed by atoms with E-state index in [0.29, 0.717) is 11.8 Å². The van der Waals surface area contributed by atoms with Crippen molar-refractivity contribution in [1.82, 2.24) is 5.32 Å². The van der Waals surface area contributed by atoms with Gasteiger partial charge in [-0.25, -0.2) is 0 Å². The van der Waals surface area contributed by atoms with Gasteiger partial charge < -0.3 is 10.6 Å². The highest BCUT2D eigenvalue weighted by molar-refractivity contribution is 5.85. The van der Waals surface area contributed by atoms with E-state index in [9.17, 15) is 0 Å². The number of hydrogen-bond donors (Lipinski definition) is 2. The van der Waals surface area contributed by atoms with Crippen LogP contribution < -0.4 is 10.6 Å². The maximum absolute atomic E-state index is 3.56. The molecule has 2 aromatic rings. The van der Waals surface area contributed by atoms with E-state index in [-0.39, 0.29) is 0 Å². The molecule has 0 bridgehead atoms. The lowest BCUT2D eigenvalue weighted by molar-refractivity contribution is 0.390. The number of rotatable bonds is 6. The lowest BCUT2D eigenvalue weighted by Crippen LogP contribution is -2.29. The predicted molar refractivity (Wildman–Crippen MR) is 84.7 cm³/mol. The molecule has 0 radical (unpaired) electrons. The van der Waals surface area contributed by atoms with E-state index in [0.717, 1.165) is 13.1 Å². The van der Waals surface area contributed by atoms with Gasteiger partial charge in [-0.3, -0.25) is 0 Å². The first-order chi connectivity index (χ1) is 9.20. The topological polar surface area (TPSA) is 24.1 Å². The minimum absolute atomic E-state index is 0.650. The fourth-order valence-electron chi connectivity index (χ4n) is 2.35. The number of benzene rings is 2. The van der Waals surface area contributed by atoms with Crippen molar-refractivity contribution in [2.75, 3.05) is 25.5 Å². The Morgan fingerprint density at radius 3 is 2.37 bits per heavy atom. The van der Waals surface area contributed by atoms with E-state index in [1.807, 2.05) is 7.05 Å². The fraction of sp³-hybridized carbons (Fsp3) is 0.412. The number of fused-ring (bicyclic) bond motifs is 1. The summed E-state index contributed by atoms with van der Waals surface area (Å²) in [5, 5.41) is 9.43. The van der Waals surface area contributed by atoms with Crippen LogP contribution in [-0.2, 0) is 0 Å². The molecule has 2 N–H and O–H groups in total. The molecule has 0 saturated carbocycles. The monoisotopic (exact) mass is 256 g/mol. The molecule has 0 aliphatic rings. The molecule has 2 heteroatoms. The van der Waals surface area contributed by atoms with Crippen molar-refractivity contribution in [2.24, 2.45) is 11.8 Å². The molecule has 2 nitrogen and oxygen atoms in total. The first-order valence-corrected chi connectivity index (χ1v) is 7.08. The van der Waals surface area contributed by atoms with E-state index < -0.39 is 0 Å². The summed E-state index contributed by atoms with van der Waals surface area (Å²) in [7, 11) is 2.02. The summed E-state index contributed by atoms with van der Waals surface area (Å²) in [6, 6.07) is 15.1. The second kappa shape index (κ2) is 6.58. The quantitative estimate of drug-likeness (QED) is 0.822. The van der Waals surface area contributed by atoms with Gasteiger partial charge in [-0.05, 0) is 48.3 Å². The lowest BCUT2D eigenvalue weighted by atomic mass is 9.95. The minimum Gasteiger partial charge on any atom is -0.385 e. The van der Waals surface area contributed by atoms with E-state index in [1.165, 1.54) is 16.5 Å². The van der Waals surface area contributed by atoms with Gasteiger partial charge in [0.15, 0.2) is 0 Å². The summed E-state index contributed by atoms with van der Waals surface area (Å²) in [4.78, 5) is 0. The summed E-state index contributed by atoms with van der Waals surface area (Å²) < 4.78 is 0. The molecule has 0 spiro atoms. The van der Waals surface area contributed by atoms with Crippen molar-refractivity contribution in [2.45, 2.75) is 13.8 Å². The third-order valence-corrected chi connectivity index (χ3v) is 3.73. The van der Waals surface area contributed by atoms with Crippen molar-refractivity contribution < 1.29 is 0 Å². The van der Waals surface area contributed by atoms with Crippen LogP contribution in [0.4, 0.5) is 5.69 Å². The standard InChI is InChI=1S/C17H24N2/c1-13(2)16(11-18-3)12-19-17-9-8-14-6-4-5-7-15(14)10-17/h4-10,13,16,18-19H,11-12H2,1-3H3. The SMILES string of the molecule is CNCC(CNc1ccc2ccccc2c1)C(C)C. The van der Waals surface area contributed by atoms with Gasteiger partial charge in [0, 0.05) is 12.2 Å². The molecule has 0 saturated heterocycles. The largest absolute Gasteiger partial charge is 0.385 e. The second-order valence-corrected chi connectivity index (χ2v) is 5.50. The van der Waals surface area contributed by atoms with E-state index in [4.69, 9.17) is 0 Å². The molecular formula is C17H24N2. The molecule has 2 rings (SSSR count). The first-order valence-electron chi connectivity index (χ1n) is 7.08. The van der Waals surface area contributed by atoms with Crippen LogP contribution in [0.25, 0.3) is 10.8 Å². The molecule has 0 aromatic heterocycles. The number of anilines is 1. The van der Waals surface area contributed by atoms with Crippen LogP contribution in [-0.4, -0.2) is 20.1 Å². The molecule has 1 atom stereocenters. The molecule has 2 aromatic carbocycles. The molecule has 102 valence electrons. The lowest BCUT2D eigenvalue weighted by Gasteiger charge is -2.21. The average Bonchev–Trinajstić information content (AvgIpc) is 2.43. The molecule has 0 fully saturated rings. The predicted octanol–water partition coefficient (Wildman–Crippen LogP) is 3.74. The number of hydrogen-bond acceptors (Lipinski definition) is 2.